The summed E-state index contributed by atoms with van der Waals surface area (Å²) < 4.78 is 1.69. The van der Waals surface area contributed by atoms with Gasteiger partial charge in [-0.05, 0) is 50.1 Å². The maximum absolute atomic E-state index is 12.2. The third kappa shape index (κ3) is 3.11. The lowest BCUT2D eigenvalue weighted by molar-refractivity contribution is 0.0950. The highest BCUT2D eigenvalue weighted by molar-refractivity contribution is 5.94. The van der Waals surface area contributed by atoms with Crippen LogP contribution in [0.1, 0.15) is 28.8 Å². The molecule has 2 N–H and O–H groups in total. The van der Waals surface area contributed by atoms with Crippen LogP contribution < -0.4 is 10.6 Å². The first-order valence-electron chi connectivity index (χ1n) is 7.21. The smallest absolute Gasteiger partial charge is 0.251 e. The van der Waals surface area contributed by atoms with Gasteiger partial charge in [0, 0.05) is 18.2 Å². The number of hydrogen-bond donors (Lipinski definition) is 2. The molecule has 0 bridgehead atoms. The van der Waals surface area contributed by atoms with E-state index in [4.69, 9.17) is 0 Å². The molecule has 0 radical (unpaired) electrons. The fourth-order valence-electron chi connectivity index (χ4n) is 2.64. The molecule has 1 amide bonds. The zero-order valence-electron chi connectivity index (χ0n) is 12.0. The zero-order valence-corrected chi connectivity index (χ0v) is 12.0. The summed E-state index contributed by atoms with van der Waals surface area (Å²) in [7, 11) is 0. The molecule has 0 aliphatic carbocycles. The Morgan fingerprint density at radius 1 is 1.52 bits per heavy atom. The Balaban J connectivity index is 1.68. The van der Waals surface area contributed by atoms with Crippen molar-refractivity contribution in [3.63, 3.8) is 0 Å². The molecule has 2 aromatic rings. The number of carbonyl (C=O) groups is 1. The van der Waals surface area contributed by atoms with Gasteiger partial charge in [-0.2, -0.15) is 5.10 Å². The van der Waals surface area contributed by atoms with Gasteiger partial charge >= 0.3 is 0 Å². The molecule has 110 valence electrons. The van der Waals surface area contributed by atoms with Crippen LogP contribution in [0.3, 0.4) is 0 Å². The minimum absolute atomic E-state index is 0.0306. The van der Waals surface area contributed by atoms with Gasteiger partial charge in [-0.25, -0.2) is 9.67 Å². The van der Waals surface area contributed by atoms with E-state index in [2.05, 4.69) is 20.7 Å². The number of aromatic nitrogens is 3. The largest absolute Gasteiger partial charge is 0.350 e. The summed E-state index contributed by atoms with van der Waals surface area (Å²) in [4.78, 5) is 16.1. The third-order valence-electron chi connectivity index (χ3n) is 3.80. The molecular weight excluding hydrogens is 266 g/mol. The van der Waals surface area contributed by atoms with E-state index in [1.165, 1.54) is 12.7 Å². The highest BCUT2D eigenvalue weighted by atomic mass is 16.1. The van der Waals surface area contributed by atoms with Gasteiger partial charge in [0.05, 0.1) is 5.69 Å². The summed E-state index contributed by atoms with van der Waals surface area (Å²) in [6.07, 6.45) is 5.46. The number of nitrogens with one attached hydrogen (secondary N) is 2. The molecule has 1 fully saturated rings. The Bertz CT molecular complexity index is 617. The molecule has 1 aliphatic rings. The molecule has 1 saturated heterocycles. The topological polar surface area (TPSA) is 71.8 Å². The van der Waals surface area contributed by atoms with Gasteiger partial charge in [0.25, 0.3) is 5.91 Å². The van der Waals surface area contributed by atoms with Crippen molar-refractivity contribution in [3.05, 3.63) is 42.0 Å². The molecule has 3 rings (SSSR count). The number of amides is 1. The Hall–Kier alpha value is -2.21. The maximum atomic E-state index is 12.2. The van der Waals surface area contributed by atoms with Crippen LogP contribution in [0.25, 0.3) is 5.69 Å². The second-order valence-electron chi connectivity index (χ2n) is 5.34. The number of hydrogen-bond acceptors (Lipinski definition) is 4. The van der Waals surface area contributed by atoms with Crippen molar-refractivity contribution in [2.75, 3.05) is 13.1 Å². The summed E-state index contributed by atoms with van der Waals surface area (Å²) in [6, 6.07) is 6.01. The number of carbonyl (C=O) groups excluding carboxylic acids is 1. The van der Waals surface area contributed by atoms with Gasteiger partial charge in [-0.15, -0.1) is 0 Å². The van der Waals surface area contributed by atoms with E-state index in [1.807, 2.05) is 25.1 Å². The summed E-state index contributed by atoms with van der Waals surface area (Å²) in [5.74, 6) is -0.0306. The summed E-state index contributed by atoms with van der Waals surface area (Å²) in [5.41, 5.74) is 2.60. The fourth-order valence-corrected chi connectivity index (χ4v) is 2.64. The lowest BCUT2D eigenvalue weighted by atomic mass is 10.1. The monoisotopic (exact) mass is 285 g/mol. The molecule has 21 heavy (non-hydrogen) atoms. The Morgan fingerprint density at radius 3 is 3.10 bits per heavy atom. The summed E-state index contributed by atoms with van der Waals surface area (Å²) >= 11 is 0. The maximum Gasteiger partial charge on any atom is 0.251 e. The molecule has 1 unspecified atom stereocenters. The number of nitrogens with zero attached hydrogens (tertiary/aromatic N) is 3. The Kier molecular flexibility index (Phi) is 3.96. The number of aryl methyl sites for hydroxylation is 1. The van der Waals surface area contributed by atoms with Gasteiger partial charge in [-0.1, -0.05) is 0 Å². The van der Waals surface area contributed by atoms with Gasteiger partial charge in [0.1, 0.15) is 12.7 Å². The highest BCUT2D eigenvalue weighted by Gasteiger charge is 2.15. The van der Waals surface area contributed by atoms with Crippen molar-refractivity contribution in [2.24, 2.45) is 0 Å². The van der Waals surface area contributed by atoms with E-state index in [-0.39, 0.29) is 5.91 Å². The van der Waals surface area contributed by atoms with Gasteiger partial charge in [0.15, 0.2) is 0 Å². The minimum Gasteiger partial charge on any atom is -0.350 e. The van der Waals surface area contributed by atoms with Crippen molar-refractivity contribution in [3.8, 4) is 5.69 Å². The van der Waals surface area contributed by atoms with Crippen LogP contribution in [-0.2, 0) is 0 Å². The quantitative estimate of drug-likeness (QED) is 0.881. The molecule has 6 nitrogen and oxygen atoms in total. The molecular formula is C15H19N5O. The van der Waals surface area contributed by atoms with Crippen molar-refractivity contribution in [1.29, 1.82) is 0 Å². The first-order valence-corrected chi connectivity index (χ1v) is 7.21. The van der Waals surface area contributed by atoms with Crippen molar-refractivity contribution in [1.82, 2.24) is 25.4 Å². The number of benzene rings is 1. The summed E-state index contributed by atoms with van der Waals surface area (Å²) in [6.45, 7) is 3.70. The SMILES string of the molecule is Cc1cc(C(=O)NCC2CCCN2)ccc1-n1cncn1. The van der Waals surface area contributed by atoms with Crippen LogP contribution in [0, 0.1) is 6.92 Å². The first kappa shape index (κ1) is 13.8. The van der Waals surface area contributed by atoms with Crippen molar-refractivity contribution >= 4 is 5.91 Å². The number of rotatable bonds is 4. The van der Waals surface area contributed by atoms with Crippen molar-refractivity contribution in [2.45, 2.75) is 25.8 Å². The lowest BCUT2D eigenvalue weighted by Gasteiger charge is -2.12. The molecule has 1 aliphatic heterocycles. The average Bonchev–Trinajstić information content (AvgIpc) is 3.17. The van der Waals surface area contributed by atoms with Crippen molar-refractivity contribution < 1.29 is 4.79 Å². The molecule has 6 heteroatoms. The van der Waals surface area contributed by atoms with E-state index in [9.17, 15) is 4.79 Å². The average molecular weight is 285 g/mol. The molecule has 1 aromatic heterocycles. The minimum atomic E-state index is -0.0306. The van der Waals surface area contributed by atoms with E-state index in [0.717, 1.165) is 24.2 Å². The summed E-state index contributed by atoms with van der Waals surface area (Å²) in [5, 5.41) is 10.5. The highest BCUT2D eigenvalue weighted by Crippen LogP contribution is 2.14. The molecule has 1 atom stereocenters. The third-order valence-corrected chi connectivity index (χ3v) is 3.80. The van der Waals surface area contributed by atoms with Gasteiger partial charge < -0.3 is 10.6 Å². The van der Waals surface area contributed by atoms with E-state index in [0.29, 0.717) is 18.2 Å². The second kappa shape index (κ2) is 6.05. The van der Waals surface area contributed by atoms with E-state index < -0.39 is 0 Å². The lowest BCUT2D eigenvalue weighted by Crippen LogP contribution is -2.37. The van der Waals surface area contributed by atoms with Crippen LogP contribution in [-0.4, -0.2) is 39.8 Å². The molecule has 1 aromatic carbocycles. The standard InChI is InChI=1S/C15H19N5O/c1-11-7-12(4-5-14(11)20-10-16-9-19-20)15(21)18-8-13-3-2-6-17-13/h4-5,7,9-10,13,17H,2-3,6,8H2,1H3,(H,18,21). The Labute approximate surface area is 123 Å². The molecule has 2 heterocycles. The Morgan fingerprint density at radius 2 is 2.43 bits per heavy atom. The predicted molar refractivity (Wildman–Crippen MR) is 79.5 cm³/mol. The van der Waals surface area contributed by atoms with E-state index >= 15 is 0 Å². The second-order valence-corrected chi connectivity index (χ2v) is 5.34. The van der Waals surface area contributed by atoms with Gasteiger partial charge in [-0.3, -0.25) is 4.79 Å². The van der Waals surface area contributed by atoms with Crippen LogP contribution in [0.4, 0.5) is 0 Å². The van der Waals surface area contributed by atoms with E-state index in [1.54, 1.807) is 11.0 Å². The zero-order chi connectivity index (χ0) is 14.7. The van der Waals surface area contributed by atoms with Crippen LogP contribution in [0.15, 0.2) is 30.9 Å². The normalized spacial score (nSPS) is 17.9. The fraction of sp³-hybridized carbons (Fsp3) is 0.400. The predicted octanol–water partition coefficient (Wildman–Crippen LogP) is 1.06. The molecule has 0 spiro atoms. The van der Waals surface area contributed by atoms with Gasteiger partial charge in [0.2, 0.25) is 0 Å². The van der Waals surface area contributed by atoms with Crippen LogP contribution >= 0.6 is 0 Å². The first-order chi connectivity index (χ1) is 10.2. The molecule has 0 saturated carbocycles. The van der Waals surface area contributed by atoms with Crippen LogP contribution in [0.5, 0.6) is 0 Å². The van der Waals surface area contributed by atoms with Crippen LogP contribution in [0.2, 0.25) is 0 Å².